The normalized spacial score (nSPS) is 11.7. The van der Waals surface area contributed by atoms with Crippen molar-refractivity contribution in [3.8, 4) is 5.75 Å². The molecule has 3 rings (SSSR count). The number of nitrogens with zero attached hydrogens (tertiary/aromatic N) is 3. The maximum Gasteiger partial charge on any atom is 0.338 e. The summed E-state index contributed by atoms with van der Waals surface area (Å²) in [5.74, 6) is 1.08. The minimum absolute atomic E-state index is 0.165. The topological polar surface area (TPSA) is 95.3 Å². The summed E-state index contributed by atoms with van der Waals surface area (Å²) in [4.78, 5) is 24.1. The molecule has 174 valence electrons. The average molecular weight is 469 g/mol. The third-order valence-electron chi connectivity index (χ3n) is 5.10. The van der Waals surface area contributed by atoms with Crippen LogP contribution in [-0.2, 0) is 16.6 Å². The molecular formula is C24H28N4O4S. The molecule has 0 aliphatic rings. The third kappa shape index (κ3) is 6.13. The van der Waals surface area contributed by atoms with E-state index >= 15 is 0 Å². The fourth-order valence-corrected chi connectivity index (χ4v) is 3.85. The molecule has 1 unspecified atom stereocenters. The number of rotatable bonds is 9. The molecule has 0 aliphatic heterocycles. The first-order chi connectivity index (χ1) is 15.8. The van der Waals surface area contributed by atoms with Crippen LogP contribution in [0.15, 0.2) is 47.6 Å². The molecule has 0 fully saturated rings. The molecule has 0 aliphatic carbocycles. The smallest absolute Gasteiger partial charge is 0.338 e. The highest BCUT2D eigenvalue weighted by molar-refractivity contribution is 7.99. The number of anilines is 1. The second-order valence-electron chi connectivity index (χ2n) is 7.49. The van der Waals surface area contributed by atoms with Crippen LogP contribution >= 0.6 is 11.8 Å². The quantitative estimate of drug-likeness (QED) is 0.365. The Bertz CT molecular complexity index is 1130. The molecule has 8 nitrogen and oxygen atoms in total. The van der Waals surface area contributed by atoms with Crippen LogP contribution in [0.2, 0.25) is 0 Å². The van der Waals surface area contributed by atoms with Crippen molar-refractivity contribution in [2.45, 2.75) is 39.0 Å². The van der Waals surface area contributed by atoms with Gasteiger partial charge < -0.3 is 19.4 Å². The number of aryl methyl sites for hydroxylation is 1. The van der Waals surface area contributed by atoms with E-state index in [1.807, 2.05) is 50.6 Å². The van der Waals surface area contributed by atoms with E-state index in [1.54, 1.807) is 31.2 Å². The van der Waals surface area contributed by atoms with E-state index in [0.29, 0.717) is 28.8 Å². The van der Waals surface area contributed by atoms with Crippen LogP contribution in [0.25, 0.3) is 0 Å². The molecule has 0 spiro atoms. The summed E-state index contributed by atoms with van der Waals surface area (Å²) in [6.07, 6.45) is -0.302. The van der Waals surface area contributed by atoms with Crippen LogP contribution < -0.4 is 10.1 Å². The summed E-state index contributed by atoms with van der Waals surface area (Å²) >= 11 is 1.29. The largest absolute Gasteiger partial charge is 0.482 e. The molecule has 1 heterocycles. The molecule has 3 aromatic rings. The van der Waals surface area contributed by atoms with Gasteiger partial charge in [-0.05, 0) is 69.2 Å². The van der Waals surface area contributed by atoms with Crippen LogP contribution in [0.4, 0.5) is 5.69 Å². The summed E-state index contributed by atoms with van der Waals surface area (Å²) < 4.78 is 12.9. The van der Waals surface area contributed by atoms with Gasteiger partial charge in [0.15, 0.2) is 17.1 Å². The lowest BCUT2D eigenvalue weighted by atomic mass is 10.1. The van der Waals surface area contributed by atoms with Crippen molar-refractivity contribution >= 4 is 29.3 Å². The minimum atomic E-state index is -0.389. The Kier molecular flexibility index (Phi) is 8.11. The molecule has 1 aromatic heterocycles. The van der Waals surface area contributed by atoms with Crippen LogP contribution in [0, 0.1) is 13.8 Å². The number of hydrogen-bond acceptors (Lipinski definition) is 7. The summed E-state index contributed by atoms with van der Waals surface area (Å²) in [6, 6.07) is 12.5. The molecule has 1 N–H and O–H groups in total. The zero-order valence-electron chi connectivity index (χ0n) is 19.4. The van der Waals surface area contributed by atoms with E-state index in [9.17, 15) is 9.59 Å². The van der Waals surface area contributed by atoms with E-state index < -0.39 is 0 Å². The molecule has 1 atom stereocenters. The lowest BCUT2D eigenvalue weighted by molar-refractivity contribution is -0.113. The Balaban J connectivity index is 1.56. The highest BCUT2D eigenvalue weighted by atomic mass is 32.2. The van der Waals surface area contributed by atoms with Gasteiger partial charge >= 0.3 is 5.97 Å². The number of carbonyl (C=O) groups is 2. The first-order valence-electron chi connectivity index (χ1n) is 10.6. The van der Waals surface area contributed by atoms with Crippen molar-refractivity contribution in [3.63, 3.8) is 0 Å². The third-order valence-corrected chi connectivity index (χ3v) is 6.12. The molecule has 9 heteroatoms. The van der Waals surface area contributed by atoms with E-state index in [0.717, 1.165) is 16.9 Å². The van der Waals surface area contributed by atoms with Gasteiger partial charge in [-0.25, -0.2) is 4.79 Å². The van der Waals surface area contributed by atoms with Crippen molar-refractivity contribution in [1.29, 1.82) is 0 Å². The summed E-state index contributed by atoms with van der Waals surface area (Å²) in [7, 11) is 1.85. The fourth-order valence-electron chi connectivity index (χ4n) is 3.13. The predicted molar refractivity (Wildman–Crippen MR) is 128 cm³/mol. The highest BCUT2D eigenvalue weighted by Gasteiger charge is 2.19. The van der Waals surface area contributed by atoms with Gasteiger partial charge in [-0.3, -0.25) is 4.79 Å². The Hall–Kier alpha value is -3.33. The number of thioether (sulfide) groups is 1. The van der Waals surface area contributed by atoms with E-state index in [4.69, 9.17) is 9.47 Å². The molecule has 1 amide bonds. The monoisotopic (exact) mass is 468 g/mol. The number of amides is 1. The number of benzene rings is 2. The Morgan fingerprint density at radius 1 is 1.12 bits per heavy atom. The molecule has 0 radical (unpaired) electrons. The zero-order chi connectivity index (χ0) is 24.0. The lowest BCUT2D eigenvalue weighted by Gasteiger charge is -2.16. The van der Waals surface area contributed by atoms with Gasteiger partial charge in [0.25, 0.3) is 0 Å². The van der Waals surface area contributed by atoms with Gasteiger partial charge in [-0.15, -0.1) is 10.2 Å². The summed E-state index contributed by atoms with van der Waals surface area (Å²) in [6.45, 7) is 8.06. The first-order valence-corrected chi connectivity index (χ1v) is 11.6. The maximum absolute atomic E-state index is 12.4. The Labute approximate surface area is 197 Å². The van der Waals surface area contributed by atoms with Crippen LogP contribution in [0.3, 0.4) is 0 Å². The van der Waals surface area contributed by atoms with Gasteiger partial charge in [-0.2, -0.15) is 0 Å². The number of aromatic nitrogens is 3. The first kappa shape index (κ1) is 24.3. The molecule has 0 saturated heterocycles. The van der Waals surface area contributed by atoms with Gasteiger partial charge in [0, 0.05) is 12.7 Å². The summed E-state index contributed by atoms with van der Waals surface area (Å²) in [5, 5.41) is 11.9. The predicted octanol–water partition coefficient (Wildman–Crippen LogP) is 4.48. The molecular weight excluding hydrogens is 440 g/mol. The highest BCUT2D eigenvalue weighted by Crippen LogP contribution is 2.27. The SMILES string of the molecule is CCOC(=O)c1ccc(NC(=O)CSc2nnc(C(C)Oc3cccc(C)c3C)n2C)cc1. The van der Waals surface area contributed by atoms with Crippen molar-refractivity contribution in [2.24, 2.45) is 7.05 Å². The van der Waals surface area contributed by atoms with Crippen molar-refractivity contribution in [2.75, 3.05) is 17.7 Å². The van der Waals surface area contributed by atoms with Crippen LogP contribution in [0.5, 0.6) is 5.75 Å². The second kappa shape index (κ2) is 11.0. The van der Waals surface area contributed by atoms with Gasteiger partial charge in [0.2, 0.25) is 5.91 Å². The maximum atomic E-state index is 12.4. The van der Waals surface area contributed by atoms with E-state index in [1.165, 1.54) is 11.8 Å². The fraction of sp³-hybridized carbons (Fsp3) is 0.333. The number of nitrogens with one attached hydrogen (secondary N) is 1. The summed E-state index contributed by atoms with van der Waals surface area (Å²) in [5.41, 5.74) is 3.29. The van der Waals surface area contributed by atoms with Crippen molar-refractivity contribution in [1.82, 2.24) is 14.8 Å². The number of esters is 1. The zero-order valence-corrected chi connectivity index (χ0v) is 20.2. The standard InChI is InChI=1S/C24H28N4O4S/c1-6-31-23(30)18-10-12-19(13-11-18)25-21(29)14-33-24-27-26-22(28(24)5)17(4)32-20-9-7-8-15(2)16(20)3/h7-13,17H,6,14H2,1-5H3,(H,25,29). The van der Waals surface area contributed by atoms with Crippen molar-refractivity contribution < 1.29 is 19.1 Å². The molecule has 2 aromatic carbocycles. The molecule has 0 saturated carbocycles. The lowest BCUT2D eigenvalue weighted by Crippen LogP contribution is -2.15. The number of ether oxygens (including phenoxy) is 2. The van der Waals surface area contributed by atoms with E-state index in [2.05, 4.69) is 15.5 Å². The molecule has 33 heavy (non-hydrogen) atoms. The van der Waals surface area contributed by atoms with Crippen molar-refractivity contribution in [3.05, 3.63) is 65.0 Å². The Morgan fingerprint density at radius 3 is 2.55 bits per heavy atom. The van der Waals surface area contributed by atoms with Gasteiger partial charge in [0.05, 0.1) is 17.9 Å². The average Bonchev–Trinajstić information content (AvgIpc) is 3.16. The molecule has 0 bridgehead atoms. The Morgan fingerprint density at radius 2 is 1.85 bits per heavy atom. The van der Waals surface area contributed by atoms with Gasteiger partial charge in [-0.1, -0.05) is 23.9 Å². The van der Waals surface area contributed by atoms with Crippen LogP contribution in [-0.4, -0.2) is 39.0 Å². The van der Waals surface area contributed by atoms with Crippen LogP contribution in [0.1, 0.15) is 47.3 Å². The number of hydrogen-bond donors (Lipinski definition) is 1. The minimum Gasteiger partial charge on any atom is -0.482 e. The van der Waals surface area contributed by atoms with Gasteiger partial charge in [0.1, 0.15) is 5.75 Å². The van der Waals surface area contributed by atoms with E-state index in [-0.39, 0.29) is 23.7 Å². The second-order valence-corrected chi connectivity index (χ2v) is 8.44. The number of carbonyl (C=O) groups excluding carboxylic acids is 2.